The first-order valence-electron chi connectivity index (χ1n) is 7.91. The lowest BCUT2D eigenvalue weighted by Gasteiger charge is -2.08. The zero-order valence-electron chi connectivity index (χ0n) is 14.7. The summed E-state index contributed by atoms with van der Waals surface area (Å²) in [6.07, 6.45) is 1.59. The van der Waals surface area contributed by atoms with E-state index in [4.69, 9.17) is 4.74 Å². The van der Waals surface area contributed by atoms with Crippen molar-refractivity contribution in [3.05, 3.63) is 59.4 Å². The van der Waals surface area contributed by atoms with Crippen LogP contribution in [0.1, 0.15) is 21.7 Å². The Bertz CT molecular complexity index is 955. The molecule has 26 heavy (non-hydrogen) atoms. The van der Waals surface area contributed by atoms with Crippen molar-refractivity contribution in [2.45, 2.75) is 13.5 Å². The van der Waals surface area contributed by atoms with E-state index >= 15 is 0 Å². The Labute approximate surface area is 149 Å². The normalized spacial score (nSPS) is 10.6. The maximum Gasteiger partial charge on any atom is 0.270 e. The molecule has 134 valence electrons. The molecule has 0 atom stereocenters. The number of amides is 1. The van der Waals surface area contributed by atoms with E-state index < -0.39 is 5.82 Å². The molecule has 1 aromatic carbocycles. The highest BCUT2D eigenvalue weighted by Crippen LogP contribution is 2.19. The fraction of sp³-hybridized carbons (Fsp3) is 0.222. The van der Waals surface area contributed by atoms with Crippen molar-refractivity contribution in [3.8, 4) is 17.1 Å². The molecule has 0 fully saturated rings. The van der Waals surface area contributed by atoms with Crippen molar-refractivity contribution in [2.24, 2.45) is 7.05 Å². The molecule has 0 saturated carbocycles. The Hall–Kier alpha value is -3.29. The molecule has 7 nitrogen and oxygen atoms in total. The number of carbonyl (C=O) groups excluding carboxylic acids is 1. The van der Waals surface area contributed by atoms with E-state index in [-0.39, 0.29) is 23.9 Å². The summed E-state index contributed by atoms with van der Waals surface area (Å²) < 4.78 is 20.0. The van der Waals surface area contributed by atoms with Crippen LogP contribution in [0, 0.1) is 12.7 Å². The maximum atomic E-state index is 13.4. The molecule has 2 heterocycles. The molecule has 0 radical (unpaired) electrons. The highest BCUT2D eigenvalue weighted by molar-refractivity contribution is 5.93. The van der Waals surface area contributed by atoms with Gasteiger partial charge >= 0.3 is 0 Å². The number of carbonyl (C=O) groups is 1. The average Bonchev–Trinajstić information content (AvgIpc) is 3.06. The Morgan fingerprint density at radius 3 is 2.81 bits per heavy atom. The van der Waals surface area contributed by atoms with Crippen LogP contribution in [0.25, 0.3) is 11.4 Å². The van der Waals surface area contributed by atoms with E-state index in [1.165, 1.54) is 13.2 Å². The molecule has 0 saturated heterocycles. The summed E-state index contributed by atoms with van der Waals surface area (Å²) in [7, 11) is 3.17. The molecular formula is C18H18FN5O2. The molecule has 0 aliphatic carbocycles. The number of hydrogen-bond donors (Lipinski definition) is 1. The molecule has 0 spiro atoms. The largest absolute Gasteiger partial charge is 0.494 e. The van der Waals surface area contributed by atoms with Gasteiger partial charge in [0.05, 0.1) is 7.11 Å². The molecule has 1 amide bonds. The van der Waals surface area contributed by atoms with Crippen LogP contribution in [0.4, 0.5) is 4.39 Å². The minimum absolute atomic E-state index is 0.133. The molecule has 2 aromatic heterocycles. The molecule has 3 aromatic rings. The van der Waals surface area contributed by atoms with Crippen molar-refractivity contribution >= 4 is 5.91 Å². The molecule has 3 rings (SSSR count). The summed E-state index contributed by atoms with van der Waals surface area (Å²) in [4.78, 5) is 20.9. The standard InChI is InChI=1S/C18H18FN5O2/c1-11-6-13(17-21-10-24(2)23-17)8-15(22-11)18(25)20-9-12-4-5-14(19)16(7-12)26-3/h4-8,10H,9H2,1-3H3,(H,20,25). The van der Waals surface area contributed by atoms with Gasteiger partial charge < -0.3 is 10.1 Å². The van der Waals surface area contributed by atoms with E-state index in [1.54, 1.807) is 43.2 Å². The van der Waals surface area contributed by atoms with Crippen molar-refractivity contribution < 1.29 is 13.9 Å². The van der Waals surface area contributed by atoms with Crippen LogP contribution in [0.5, 0.6) is 5.75 Å². The van der Waals surface area contributed by atoms with Gasteiger partial charge in [0.1, 0.15) is 12.0 Å². The lowest BCUT2D eigenvalue weighted by Crippen LogP contribution is -2.24. The van der Waals surface area contributed by atoms with Gasteiger partial charge in [0.2, 0.25) is 0 Å². The number of benzene rings is 1. The molecule has 0 bridgehead atoms. The monoisotopic (exact) mass is 355 g/mol. The van der Waals surface area contributed by atoms with Crippen LogP contribution in [0.2, 0.25) is 0 Å². The fourth-order valence-corrected chi connectivity index (χ4v) is 2.47. The number of aromatic nitrogens is 4. The van der Waals surface area contributed by atoms with E-state index in [0.717, 1.165) is 5.56 Å². The Kier molecular flexibility index (Phi) is 4.92. The first kappa shape index (κ1) is 17.5. The van der Waals surface area contributed by atoms with Gasteiger partial charge in [-0.1, -0.05) is 6.07 Å². The van der Waals surface area contributed by atoms with Gasteiger partial charge in [0.15, 0.2) is 17.4 Å². The number of aryl methyl sites for hydroxylation is 2. The highest BCUT2D eigenvalue weighted by atomic mass is 19.1. The molecular weight excluding hydrogens is 337 g/mol. The van der Waals surface area contributed by atoms with E-state index in [9.17, 15) is 9.18 Å². The van der Waals surface area contributed by atoms with Crippen LogP contribution >= 0.6 is 0 Å². The van der Waals surface area contributed by atoms with Gasteiger partial charge in [0.25, 0.3) is 5.91 Å². The topological polar surface area (TPSA) is 81.9 Å². The van der Waals surface area contributed by atoms with Gasteiger partial charge in [-0.25, -0.2) is 14.4 Å². The number of nitrogens with zero attached hydrogens (tertiary/aromatic N) is 4. The quantitative estimate of drug-likeness (QED) is 0.759. The minimum Gasteiger partial charge on any atom is -0.494 e. The zero-order valence-corrected chi connectivity index (χ0v) is 14.7. The predicted molar refractivity (Wildman–Crippen MR) is 93.1 cm³/mol. The number of nitrogens with one attached hydrogen (secondary N) is 1. The maximum absolute atomic E-state index is 13.4. The van der Waals surface area contributed by atoms with Crippen LogP contribution in [0.15, 0.2) is 36.7 Å². The SMILES string of the molecule is COc1cc(CNC(=O)c2cc(-c3ncn(C)n3)cc(C)n2)ccc1F. The predicted octanol–water partition coefficient (Wildman–Crippen LogP) is 2.26. The number of ether oxygens (including phenoxy) is 1. The summed E-state index contributed by atoms with van der Waals surface area (Å²) in [5.41, 5.74) is 2.38. The van der Waals surface area contributed by atoms with E-state index in [0.29, 0.717) is 17.1 Å². The number of hydrogen-bond acceptors (Lipinski definition) is 5. The van der Waals surface area contributed by atoms with Crippen molar-refractivity contribution in [1.82, 2.24) is 25.1 Å². The Morgan fingerprint density at radius 1 is 1.31 bits per heavy atom. The first-order chi connectivity index (χ1) is 12.5. The first-order valence-corrected chi connectivity index (χ1v) is 7.91. The molecule has 1 N–H and O–H groups in total. The second-order valence-electron chi connectivity index (χ2n) is 5.78. The third kappa shape index (κ3) is 3.85. The Balaban J connectivity index is 1.76. The number of methoxy groups -OCH3 is 1. The van der Waals surface area contributed by atoms with Crippen LogP contribution in [0.3, 0.4) is 0 Å². The lowest BCUT2D eigenvalue weighted by atomic mass is 10.1. The van der Waals surface area contributed by atoms with Crippen molar-refractivity contribution in [1.29, 1.82) is 0 Å². The van der Waals surface area contributed by atoms with Crippen molar-refractivity contribution in [3.63, 3.8) is 0 Å². The number of rotatable bonds is 5. The summed E-state index contributed by atoms with van der Waals surface area (Å²) in [6, 6.07) is 7.89. The van der Waals surface area contributed by atoms with Crippen LogP contribution in [-0.4, -0.2) is 32.8 Å². The number of halogens is 1. The lowest BCUT2D eigenvalue weighted by molar-refractivity contribution is 0.0945. The summed E-state index contributed by atoms with van der Waals surface area (Å²) in [5, 5.41) is 7.01. The summed E-state index contributed by atoms with van der Waals surface area (Å²) in [6.45, 7) is 2.02. The van der Waals surface area contributed by atoms with Crippen LogP contribution < -0.4 is 10.1 Å². The van der Waals surface area contributed by atoms with E-state index in [2.05, 4.69) is 20.4 Å². The smallest absolute Gasteiger partial charge is 0.270 e. The van der Waals surface area contributed by atoms with E-state index in [1.807, 2.05) is 6.07 Å². The fourth-order valence-electron chi connectivity index (χ4n) is 2.47. The molecule has 0 aliphatic heterocycles. The second-order valence-corrected chi connectivity index (χ2v) is 5.78. The second kappa shape index (κ2) is 7.30. The third-order valence-corrected chi connectivity index (χ3v) is 3.71. The van der Waals surface area contributed by atoms with Gasteiger partial charge in [-0.05, 0) is 36.8 Å². The highest BCUT2D eigenvalue weighted by Gasteiger charge is 2.13. The molecule has 0 aliphatic rings. The Morgan fingerprint density at radius 2 is 2.12 bits per heavy atom. The van der Waals surface area contributed by atoms with Gasteiger partial charge in [-0.2, -0.15) is 5.10 Å². The molecule has 8 heteroatoms. The van der Waals surface area contributed by atoms with Gasteiger partial charge in [0, 0.05) is 24.8 Å². The van der Waals surface area contributed by atoms with Gasteiger partial charge in [-0.3, -0.25) is 9.48 Å². The van der Waals surface area contributed by atoms with Crippen LogP contribution in [-0.2, 0) is 13.6 Å². The molecule has 0 unspecified atom stereocenters. The third-order valence-electron chi connectivity index (χ3n) is 3.71. The minimum atomic E-state index is -0.449. The summed E-state index contributed by atoms with van der Waals surface area (Å²) >= 11 is 0. The zero-order chi connectivity index (χ0) is 18.7. The van der Waals surface area contributed by atoms with Crippen molar-refractivity contribution in [2.75, 3.05) is 7.11 Å². The number of pyridine rings is 1. The average molecular weight is 355 g/mol. The van der Waals surface area contributed by atoms with Gasteiger partial charge in [-0.15, -0.1) is 0 Å². The summed E-state index contributed by atoms with van der Waals surface area (Å²) in [5.74, 6) is -0.131.